The molecule has 0 saturated carbocycles. The van der Waals surface area contributed by atoms with Crippen LogP contribution in [0.25, 0.3) is 0 Å². The number of hydrogen-bond donors (Lipinski definition) is 1. The predicted molar refractivity (Wildman–Crippen MR) is 69.9 cm³/mol. The van der Waals surface area contributed by atoms with Gasteiger partial charge >= 0.3 is 0 Å². The second kappa shape index (κ2) is 5.52. The lowest BCUT2D eigenvalue weighted by Gasteiger charge is -2.33. The molecule has 0 radical (unpaired) electrons. The monoisotopic (exact) mass is 250 g/mol. The van der Waals surface area contributed by atoms with E-state index in [1.165, 1.54) is 0 Å². The topological polar surface area (TPSA) is 64.2 Å². The number of piperidine rings is 1. The van der Waals surface area contributed by atoms with Crippen LogP contribution in [0.4, 0.5) is 0 Å². The van der Waals surface area contributed by atoms with Gasteiger partial charge in [0.15, 0.2) is 0 Å². The molecule has 1 fully saturated rings. The van der Waals surface area contributed by atoms with Crippen LogP contribution in [-0.4, -0.2) is 39.5 Å². The summed E-state index contributed by atoms with van der Waals surface area (Å²) in [5.41, 5.74) is 5.66. The third-order valence-corrected chi connectivity index (χ3v) is 3.61. The molecule has 1 amide bonds. The minimum Gasteiger partial charge on any atom is -0.341 e. The van der Waals surface area contributed by atoms with Gasteiger partial charge in [-0.05, 0) is 25.7 Å². The Bertz CT molecular complexity index is 413. The second-order valence-corrected chi connectivity index (χ2v) is 5.24. The minimum atomic E-state index is -0.392. The van der Waals surface area contributed by atoms with Gasteiger partial charge < -0.3 is 15.2 Å². The molecule has 1 saturated heterocycles. The van der Waals surface area contributed by atoms with Crippen LogP contribution in [0.2, 0.25) is 0 Å². The van der Waals surface area contributed by atoms with Gasteiger partial charge in [0.05, 0.1) is 6.04 Å². The van der Waals surface area contributed by atoms with Crippen molar-refractivity contribution in [2.45, 2.75) is 32.2 Å². The maximum Gasteiger partial charge on any atom is 0.239 e. The molecule has 2 N–H and O–H groups in total. The Morgan fingerprint density at radius 3 is 3.06 bits per heavy atom. The van der Waals surface area contributed by atoms with Gasteiger partial charge in [0, 0.05) is 39.0 Å². The number of aromatic nitrogens is 2. The van der Waals surface area contributed by atoms with Crippen molar-refractivity contribution in [2.24, 2.45) is 18.7 Å². The molecule has 2 heterocycles. The van der Waals surface area contributed by atoms with Crippen molar-refractivity contribution < 1.29 is 4.79 Å². The minimum absolute atomic E-state index is 0.0690. The van der Waals surface area contributed by atoms with Crippen LogP contribution in [0.1, 0.15) is 25.6 Å². The third-order valence-electron chi connectivity index (χ3n) is 3.61. The van der Waals surface area contributed by atoms with Gasteiger partial charge in [-0.1, -0.05) is 0 Å². The third kappa shape index (κ3) is 2.90. The molecule has 0 bridgehead atoms. The molecule has 0 spiro atoms. The van der Waals surface area contributed by atoms with E-state index < -0.39 is 6.04 Å². The SMILES string of the molecule is C[C@H](N)C(=O)N1CCC[C@H](Cc2nccn2C)C1. The van der Waals surface area contributed by atoms with Gasteiger partial charge in [0.25, 0.3) is 0 Å². The van der Waals surface area contributed by atoms with E-state index in [9.17, 15) is 4.79 Å². The molecular weight excluding hydrogens is 228 g/mol. The normalized spacial score (nSPS) is 21.9. The molecule has 5 nitrogen and oxygen atoms in total. The Kier molecular flexibility index (Phi) is 4.01. The van der Waals surface area contributed by atoms with Gasteiger partial charge in [-0.15, -0.1) is 0 Å². The van der Waals surface area contributed by atoms with E-state index >= 15 is 0 Å². The molecule has 5 heteroatoms. The first-order valence-corrected chi connectivity index (χ1v) is 6.58. The number of nitrogens with zero attached hydrogens (tertiary/aromatic N) is 3. The lowest BCUT2D eigenvalue weighted by Crippen LogP contribution is -2.47. The summed E-state index contributed by atoms with van der Waals surface area (Å²) in [6.07, 6.45) is 6.95. The summed E-state index contributed by atoms with van der Waals surface area (Å²) in [5, 5.41) is 0. The van der Waals surface area contributed by atoms with Crippen molar-refractivity contribution in [1.82, 2.24) is 14.5 Å². The number of nitrogens with two attached hydrogens (primary N) is 1. The Morgan fingerprint density at radius 1 is 1.67 bits per heavy atom. The predicted octanol–water partition coefficient (Wildman–Crippen LogP) is 0.548. The summed E-state index contributed by atoms with van der Waals surface area (Å²) in [6, 6.07) is -0.392. The quantitative estimate of drug-likeness (QED) is 0.852. The zero-order chi connectivity index (χ0) is 13.1. The molecule has 2 atom stereocenters. The van der Waals surface area contributed by atoms with Gasteiger partial charge in [-0.25, -0.2) is 4.98 Å². The van der Waals surface area contributed by atoms with E-state index in [0.717, 1.165) is 38.2 Å². The molecular formula is C13H22N4O. The lowest BCUT2D eigenvalue weighted by molar-refractivity contribution is -0.134. The highest BCUT2D eigenvalue weighted by atomic mass is 16.2. The number of hydrogen-bond acceptors (Lipinski definition) is 3. The number of carbonyl (C=O) groups is 1. The molecule has 100 valence electrons. The van der Waals surface area contributed by atoms with Gasteiger partial charge in [-0.3, -0.25) is 4.79 Å². The van der Waals surface area contributed by atoms with Crippen molar-refractivity contribution in [2.75, 3.05) is 13.1 Å². The molecule has 0 aromatic carbocycles. The standard InChI is InChI=1S/C13H22N4O/c1-10(14)13(18)17-6-3-4-11(9-17)8-12-15-5-7-16(12)2/h5,7,10-11H,3-4,6,8-9,14H2,1-2H3/t10-,11+/m0/s1. The Labute approximate surface area is 108 Å². The zero-order valence-electron chi connectivity index (χ0n) is 11.2. The van der Waals surface area contributed by atoms with Crippen LogP contribution in [0.15, 0.2) is 12.4 Å². The summed E-state index contributed by atoms with van der Waals surface area (Å²) in [5.74, 6) is 1.66. The molecule has 18 heavy (non-hydrogen) atoms. The van der Waals surface area contributed by atoms with Gasteiger partial charge in [-0.2, -0.15) is 0 Å². The van der Waals surface area contributed by atoms with Crippen LogP contribution < -0.4 is 5.73 Å². The zero-order valence-corrected chi connectivity index (χ0v) is 11.2. The number of rotatable bonds is 3. The fraction of sp³-hybridized carbons (Fsp3) is 0.692. The number of likely N-dealkylation sites (tertiary alicyclic amines) is 1. The average molecular weight is 250 g/mol. The van der Waals surface area contributed by atoms with Crippen molar-refractivity contribution >= 4 is 5.91 Å². The lowest BCUT2D eigenvalue weighted by atomic mass is 9.94. The van der Waals surface area contributed by atoms with E-state index in [4.69, 9.17) is 5.73 Å². The number of aryl methyl sites for hydroxylation is 1. The highest BCUT2D eigenvalue weighted by Gasteiger charge is 2.26. The van der Waals surface area contributed by atoms with Crippen molar-refractivity contribution in [3.63, 3.8) is 0 Å². The molecule has 0 unspecified atom stereocenters. The summed E-state index contributed by atoms with van der Waals surface area (Å²) >= 11 is 0. The Balaban J connectivity index is 1.95. The van der Waals surface area contributed by atoms with Gasteiger partial charge in [0.2, 0.25) is 5.91 Å². The first-order chi connectivity index (χ1) is 8.58. The maximum atomic E-state index is 11.9. The number of carbonyl (C=O) groups excluding carboxylic acids is 1. The van der Waals surface area contributed by atoms with E-state index in [1.54, 1.807) is 6.92 Å². The molecule has 1 aliphatic heterocycles. The first-order valence-electron chi connectivity index (χ1n) is 6.58. The largest absolute Gasteiger partial charge is 0.341 e. The van der Waals surface area contributed by atoms with Crippen LogP contribution in [0.5, 0.6) is 0 Å². The van der Waals surface area contributed by atoms with Crippen LogP contribution in [-0.2, 0) is 18.3 Å². The highest BCUT2D eigenvalue weighted by Crippen LogP contribution is 2.20. The maximum absolute atomic E-state index is 11.9. The van der Waals surface area contributed by atoms with Crippen molar-refractivity contribution in [1.29, 1.82) is 0 Å². The number of amides is 1. The summed E-state index contributed by atoms with van der Waals surface area (Å²) in [7, 11) is 2.01. The second-order valence-electron chi connectivity index (χ2n) is 5.24. The van der Waals surface area contributed by atoms with Crippen LogP contribution in [0, 0.1) is 5.92 Å². The molecule has 1 aromatic rings. The average Bonchev–Trinajstić information content (AvgIpc) is 2.74. The molecule has 2 rings (SSSR count). The summed E-state index contributed by atoms with van der Waals surface area (Å²) in [4.78, 5) is 18.1. The number of imidazole rings is 1. The Morgan fingerprint density at radius 2 is 2.44 bits per heavy atom. The van der Waals surface area contributed by atoms with Crippen LogP contribution in [0.3, 0.4) is 0 Å². The van der Waals surface area contributed by atoms with Crippen molar-refractivity contribution in [3.8, 4) is 0 Å². The van der Waals surface area contributed by atoms with E-state index in [1.807, 2.05) is 28.9 Å². The molecule has 0 aliphatic carbocycles. The molecule has 1 aliphatic rings. The van der Waals surface area contributed by atoms with Crippen LogP contribution >= 0.6 is 0 Å². The Hall–Kier alpha value is -1.36. The highest BCUT2D eigenvalue weighted by molar-refractivity contribution is 5.81. The molecule has 1 aromatic heterocycles. The summed E-state index contributed by atoms with van der Waals surface area (Å²) < 4.78 is 2.05. The fourth-order valence-electron chi connectivity index (χ4n) is 2.57. The van der Waals surface area contributed by atoms with E-state index in [2.05, 4.69) is 4.98 Å². The van der Waals surface area contributed by atoms with E-state index in [-0.39, 0.29) is 5.91 Å². The fourth-order valence-corrected chi connectivity index (χ4v) is 2.57. The van der Waals surface area contributed by atoms with Gasteiger partial charge in [0.1, 0.15) is 5.82 Å². The summed E-state index contributed by atoms with van der Waals surface area (Å²) in [6.45, 7) is 3.41. The van der Waals surface area contributed by atoms with Crippen molar-refractivity contribution in [3.05, 3.63) is 18.2 Å². The smallest absolute Gasteiger partial charge is 0.239 e. The van der Waals surface area contributed by atoms with E-state index in [0.29, 0.717) is 5.92 Å². The first kappa shape index (κ1) is 13.1.